The zero-order valence-corrected chi connectivity index (χ0v) is 15.1. The van der Waals surface area contributed by atoms with Crippen LogP contribution in [0.2, 0.25) is 0 Å². The average Bonchev–Trinajstić information content (AvgIpc) is 3.43. The topological polar surface area (TPSA) is 71.1 Å². The molecular weight excluding hydrogens is 365 g/mol. The van der Waals surface area contributed by atoms with Gasteiger partial charge in [0.25, 0.3) is 5.91 Å². The zero-order chi connectivity index (χ0) is 18.8. The number of rotatable bonds is 5. The van der Waals surface area contributed by atoms with Crippen LogP contribution < -0.4 is 10.6 Å². The summed E-state index contributed by atoms with van der Waals surface area (Å²) in [5.74, 6) is -0.522. The molecule has 1 heterocycles. The number of nitrogens with one attached hydrogen (secondary N) is 2. The van der Waals surface area contributed by atoms with Gasteiger partial charge in [-0.15, -0.1) is 11.3 Å². The lowest BCUT2D eigenvalue weighted by Gasteiger charge is -2.06. The predicted molar refractivity (Wildman–Crippen MR) is 103 cm³/mol. The number of thiazole rings is 1. The van der Waals surface area contributed by atoms with E-state index in [1.807, 2.05) is 0 Å². The molecule has 1 aromatic heterocycles. The second kappa shape index (κ2) is 7.28. The molecule has 7 heteroatoms. The Bertz CT molecular complexity index is 996. The van der Waals surface area contributed by atoms with Gasteiger partial charge in [-0.3, -0.25) is 14.9 Å². The lowest BCUT2D eigenvalue weighted by atomic mass is 10.2. The first kappa shape index (κ1) is 17.4. The third-order valence-corrected chi connectivity index (χ3v) is 4.99. The average molecular weight is 381 g/mol. The van der Waals surface area contributed by atoms with E-state index in [4.69, 9.17) is 0 Å². The summed E-state index contributed by atoms with van der Waals surface area (Å²) in [6.45, 7) is 0. The molecule has 0 radical (unpaired) electrons. The SMILES string of the molecule is O=C(Nc1nc(-c2ccccc2F)cs1)c1ccc(NC(=O)C2CC2)cc1. The number of carbonyl (C=O) groups is 2. The maximum absolute atomic E-state index is 13.8. The monoisotopic (exact) mass is 381 g/mol. The highest BCUT2D eigenvalue weighted by Crippen LogP contribution is 2.30. The molecule has 136 valence electrons. The van der Waals surface area contributed by atoms with Gasteiger partial charge in [-0.05, 0) is 49.2 Å². The summed E-state index contributed by atoms with van der Waals surface area (Å²) in [4.78, 5) is 28.4. The number of benzene rings is 2. The Hall–Kier alpha value is -3.06. The molecule has 1 saturated carbocycles. The van der Waals surface area contributed by atoms with Crippen molar-refractivity contribution in [2.24, 2.45) is 5.92 Å². The van der Waals surface area contributed by atoms with E-state index in [2.05, 4.69) is 15.6 Å². The van der Waals surface area contributed by atoms with E-state index in [9.17, 15) is 14.0 Å². The minimum atomic E-state index is -0.357. The van der Waals surface area contributed by atoms with Gasteiger partial charge in [-0.25, -0.2) is 9.37 Å². The molecule has 2 aromatic carbocycles. The van der Waals surface area contributed by atoms with Crippen molar-refractivity contribution < 1.29 is 14.0 Å². The number of carbonyl (C=O) groups excluding carboxylic acids is 2. The lowest BCUT2D eigenvalue weighted by Crippen LogP contribution is -2.14. The standard InChI is InChI=1S/C20H16FN3O2S/c21-16-4-2-1-3-15(16)17-11-27-20(23-17)24-19(26)13-7-9-14(10-8-13)22-18(25)12-5-6-12/h1-4,7-12H,5-6H2,(H,22,25)(H,23,24,26). The smallest absolute Gasteiger partial charge is 0.257 e. The number of hydrogen-bond acceptors (Lipinski definition) is 4. The highest BCUT2D eigenvalue weighted by molar-refractivity contribution is 7.14. The summed E-state index contributed by atoms with van der Waals surface area (Å²) in [5.41, 5.74) is 1.98. The van der Waals surface area contributed by atoms with Gasteiger partial charge in [0.1, 0.15) is 5.82 Å². The molecule has 27 heavy (non-hydrogen) atoms. The number of anilines is 2. The molecule has 0 bridgehead atoms. The van der Waals surface area contributed by atoms with Crippen LogP contribution in [0.3, 0.4) is 0 Å². The van der Waals surface area contributed by atoms with Gasteiger partial charge in [-0.1, -0.05) is 12.1 Å². The van der Waals surface area contributed by atoms with Crippen molar-refractivity contribution in [1.82, 2.24) is 4.98 Å². The molecule has 0 saturated heterocycles. The molecule has 4 rings (SSSR count). The minimum Gasteiger partial charge on any atom is -0.326 e. The van der Waals surface area contributed by atoms with Crippen molar-refractivity contribution in [3.8, 4) is 11.3 Å². The fourth-order valence-corrected chi connectivity index (χ4v) is 3.29. The summed E-state index contributed by atoms with van der Waals surface area (Å²) in [6.07, 6.45) is 1.88. The summed E-state index contributed by atoms with van der Waals surface area (Å²) >= 11 is 1.23. The van der Waals surface area contributed by atoms with E-state index >= 15 is 0 Å². The van der Waals surface area contributed by atoms with Crippen LogP contribution in [0.25, 0.3) is 11.3 Å². The summed E-state index contributed by atoms with van der Waals surface area (Å²) in [6, 6.07) is 13.0. The van der Waals surface area contributed by atoms with Crippen molar-refractivity contribution >= 4 is 34.0 Å². The van der Waals surface area contributed by atoms with Gasteiger partial charge in [0, 0.05) is 28.1 Å². The highest BCUT2D eigenvalue weighted by Gasteiger charge is 2.29. The number of amides is 2. The van der Waals surface area contributed by atoms with Gasteiger partial charge in [0.15, 0.2) is 5.13 Å². The summed E-state index contributed by atoms with van der Waals surface area (Å²) in [7, 11) is 0. The van der Waals surface area contributed by atoms with Crippen LogP contribution in [-0.4, -0.2) is 16.8 Å². The molecule has 5 nitrogen and oxygen atoms in total. The summed E-state index contributed by atoms with van der Waals surface area (Å²) < 4.78 is 13.8. The van der Waals surface area contributed by atoms with Crippen LogP contribution in [0.4, 0.5) is 15.2 Å². The predicted octanol–water partition coefficient (Wildman–Crippen LogP) is 4.55. The Morgan fingerprint density at radius 3 is 2.48 bits per heavy atom. The Kier molecular flexibility index (Phi) is 4.68. The Balaban J connectivity index is 1.42. The van der Waals surface area contributed by atoms with Crippen LogP contribution in [-0.2, 0) is 4.79 Å². The molecule has 0 aliphatic heterocycles. The van der Waals surface area contributed by atoms with E-state index in [-0.39, 0.29) is 23.5 Å². The molecule has 3 aromatic rings. The van der Waals surface area contributed by atoms with Gasteiger partial charge in [0.2, 0.25) is 5.91 Å². The maximum atomic E-state index is 13.8. The third kappa shape index (κ3) is 4.03. The normalized spacial score (nSPS) is 13.2. The quantitative estimate of drug-likeness (QED) is 0.681. The van der Waals surface area contributed by atoms with Gasteiger partial charge >= 0.3 is 0 Å². The molecule has 1 fully saturated rings. The first-order valence-corrected chi connectivity index (χ1v) is 9.41. The second-order valence-corrected chi connectivity index (χ2v) is 7.17. The van der Waals surface area contributed by atoms with E-state index in [0.717, 1.165) is 12.8 Å². The third-order valence-electron chi connectivity index (χ3n) is 4.24. The van der Waals surface area contributed by atoms with E-state index in [1.165, 1.54) is 17.4 Å². The van der Waals surface area contributed by atoms with E-state index < -0.39 is 0 Å². The number of hydrogen-bond donors (Lipinski definition) is 2. The first-order chi connectivity index (χ1) is 13.1. The Labute approximate surface area is 159 Å². The van der Waals surface area contributed by atoms with Crippen LogP contribution in [0.1, 0.15) is 23.2 Å². The van der Waals surface area contributed by atoms with E-state index in [1.54, 1.807) is 47.8 Å². The Morgan fingerprint density at radius 1 is 1.04 bits per heavy atom. The number of aromatic nitrogens is 1. The highest BCUT2D eigenvalue weighted by atomic mass is 32.1. The van der Waals surface area contributed by atoms with Crippen LogP contribution in [0, 0.1) is 11.7 Å². The molecule has 1 aliphatic rings. The molecule has 2 N–H and O–H groups in total. The van der Waals surface area contributed by atoms with Crippen molar-refractivity contribution in [1.29, 1.82) is 0 Å². The van der Waals surface area contributed by atoms with Crippen molar-refractivity contribution in [2.45, 2.75) is 12.8 Å². The van der Waals surface area contributed by atoms with Gasteiger partial charge < -0.3 is 5.32 Å². The van der Waals surface area contributed by atoms with Crippen molar-refractivity contribution in [3.05, 3.63) is 65.3 Å². The molecule has 2 amide bonds. The van der Waals surface area contributed by atoms with Crippen LogP contribution in [0.5, 0.6) is 0 Å². The number of halogens is 1. The van der Waals surface area contributed by atoms with Crippen molar-refractivity contribution in [2.75, 3.05) is 10.6 Å². The van der Waals surface area contributed by atoms with Crippen molar-refractivity contribution in [3.63, 3.8) is 0 Å². The fourth-order valence-electron chi connectivity index (χ4n) is 2.59. The molecule has 1 aliphatic carbocycles. The molecular formula is C20H16FN3O2S. The van der Waals surface area contributed by atoms with Crippen LogP contribution in [0.15, 0.2) is 53.9 Å². The van der Waals surface area contributed by atoms with Gasteiger partial charge in [0.05, 0.1) is 5.69 Å². The molecule has 0 spiro atoms. The lowest BCUT2D eigenvalue weighted by molar-refractivity contribution is -0.117. The van der Waals surface area contributed by atoms with Crippen LogP contribution >= 0.6 is 11.3 Å². The maximum Gasteiger partial charge on any atom is 0.257 e. The summed E-state index contributed by atoms with van der Waals surface area (Å²) in [5, 5.41) is 7.64. The van der Waals surface area contributed by atoms with E-state index in [0.29, 0.717) is 27.6 Å². The molecule has 0 atom stereocenters. The first-order valence-electron chi connectivity index (χ1n) is 8.53. The largest absolute Gasteiger partial charge is 0.326 e. The number of nitrogens with zero attached hydrogens (tertiary/aromatic N) is 1. The second-order valence-electron chi connectivity index (χ2n) is 6.31. The molecule has 0 unspecified atom stereocenters. The minimum absolute atomic E-state index is 0.0238. The Morgan fingerprint density at radius 2 is 1.78 bits per heavy atom. The fraction of sp³-hybridized carbons (Fsp3) is 0.150. The zero-order valence-electron chi connectivity index (χ0n) is 14.2. The van der Waals surface area contributed by atoms with Gasteiger partial charge in [-0.2, -0.15) is 0 Å².